The number of nitrogens with zero attached hydrogens (tertiary/aromatic N) is 6. The number of nitrogens with one attached hydrogen (secondary N) is 2. The number of aryl methyl sites for hydroxylation is 1. The lowest BCUT2D eigenvalue weighted by molar-refractivity contribution is -0.121. The smallest absolute Gasteiger partial charge is 0.257 e. The van der Waals surface area contributed by atoms with E-state index in [9.17, 15) is 9.59 Å². The van der Waals surface area contributed by atoms with Crippen LogP contribution in [0.1, 0.15) is 18.0 Å². The van der Waals surface area contributed by atoms with Gasteiger partial charge >= 0.3 is 0 Å². The SMILES string of the molecule is COCCNc1nc(SC)nc2c1cnn2CCNC(=O)CC1CSc2ncc(C)c(=O)n21. The molecule has 1 atom stereocenters. The monoisotopic (exact) mass is 490 g/mol. The Balaban J connectivity index is 1.39. The van der Waals surface area contributed by atoms with E-state index >= 15 is 0 Å². The van der Waals surface area contributed by atoms with Crippen molar-refractivity contribution < 1.29 is 9.53 Å². The first-order valence-electron chi connectivity index (χ1n) is 10.5. The number of hydrogen-bond donors (Lipinski definition) is 2. The summed E-state index contributed by atoms with van der Waals surface area (Å²) >= 11 is 2.96. The third-order valence-corrected chi connectivity index (χ3v) is 6.88. The molecule has 0 saturated carbocycles. The predicted molar refractivity (Wildman–Crippen MR) is 128 cm³/mol. The maximum absolute atomic E-state index is 12.6. The van der Waals surface area contributed by atoms with Crippen molar-refractivity contribution in [2.45, 2.75) is 36.2 Å². The van der Waals surface area contributed by atoms with Crippen LogP contribution in [0.5, 0.6) is 0 Å². The molecule has 0 bridgehead atoms. The van der Waals surface area contributed by atoms with Crippen LogP contribution in [0.15, 0.2) is 27.5 Å². The number of methoxy groups -OCH3 is 1. The van der Waals surface area contributed by atoms with E-state index in [4.69, 9.17) is 4.74 Å². The first-order chi connectivity index (χ1) is 16.0. The molecule has 33 heavy (non-hydrogen) atoms. The molecule has 1 aliphatic heterocycles. The van der Waals surface area contributed by atoms with Gasteiger partial charge in [-0.3, -0.25) is 14.2 Å². The van der Waals surface area contributed by atoms with Gasteiger partial charge in [-0.25, -0.2) is 19.6 Å². The summed E-state index contributed by atoms with van der Waals surface area (Å²) in [6, 6.07) is -0.187. The molecule has 13 heteroatoms. The highest BCUT2D eigenvalue weighted by atomic mass is 32.2. The van der Waals surface area contributed by atoms with Gasteiger partial charge in [-0.05, 0) is 13.2 Å². The van der Waals surface area contributed by atoms with Crippen molar-refractivity contribution >= 4 is 46.3 Å². The van der Waals surface area contributed by atoms with Gasteiger partial charge in [0.1, 0.15) is 5.82 Å². The van der Waals surface area contributed by atoms with E-state index in [1.54, 1.807) is 35.7 Å². The quantitative estimate of drug-likeness (QED) is 0.244. The van der Waals surface area contributed by atoms with E-state index in [2.05, 4.69) is 30.7 Å². The minimum absolute atomic E-state index is 0.0787. The van der Waals surface area contributed by atoms with Gasteiger partial charge in [-0.15, -0.1) is 0 Å². The van der Waals surface area contributed by atoms with Crippen molar-refractivity contribution in [3.05, 3.63) is 28.3 Å². The number of amides is 1. The van der Waals surface area contributed by atoms with Gasteiger partial charge in [-0.1, -0.05) is 23.5 Å². The summed E-state index contributed by atoms with van der Waals surface area (Å²) in [5, 5.41) is 12.8. The molecule has 1 unspecified atom stereocenters. The Hall–Kier alpha value is -2.64. The Morgan fingerprint density at radius 1 is 1.33 bits per heavy atom. The molecule has 176 valence electrons. The number of fused-ring (bicyclic) bond motifs is 2. The van der Waals surface area contributed by atoms with Gasteiger partial charge in [-0.2, -0.15) is 5.10 Å². The fourth-order valence-corrected chi connectivity index (χ4v) is 5.02. The molecule has 0 radical (unpaired) electrons. The Morgan fingerprint density at radius 3 is 2.97 bits per heavy atom. The average Bonchev–Trinajstić information content (AvgIpc) is 3.41. The average molecular weight is 491 g/mol. The van der Waals surface area contributed by atoms with E-state index < -0.39 is 0 Å². The highest BCUT2D eigenvalue weighted by Gasteiger charge is 2.27. The second kappa shape index (κ2) is 10.5. The first kappa shape index (κ1) is 23.5. The van der Waals surface area contributed by atoms with Crippen molar-refractivity contribution in [3.63, 3.8) is 0 Å². The third kappa shape index (κ3) is 5.14. The van der Waals surface area contributed by atoms with Gasteiger partial charge in [0.05, 0.1) is 30.8 Å². The molecule has 0 spiro atoms. The van der Waals surface area contributed by atoms with E-state index in [0.717, 1.165) is 5.39 Å². The van der Waals surface area contributed by atoms with Crippen molar-refractivity contribution in [1.82, 2.24) is 34.6 Å². The molecule has 11 nitrogen and oxygen atoms in total. The van der Waals surface area contributed by atoms with Crippen LogP contribution in [0.4, 0.5) is 5.82 Å². The zero-order valence-electron chi connectivity index (χ0n) is 18.7. The summed E-state index contributed by atoms with van der Waals surface area (Å²) in [4.78, 5) is 38.4. The number of hydrogen-bond acceptors (Lipinski definition) is 10. The Labute approximate surface area is 199 Å². The molecule has 4 rings (SSSR count). The fraction of sp³-hybridized carbons (Fsp3) is 0.500. The summed E-state index contributed by atoms with van der Waals surface area (Å²) in [7, 11) is 1.65. The molecule has 0 fully saturated rings. The largest absolute Gasteiger partial charge is 0.383 e. The molecule has 0 aliphatic carbocycles. The Kier molecular flexibility index (Phi) is 7.50. The van der Waals surface area contributed by atoms with Gasteiger partial charge < -0.3 is 15.4 Å². The summed E-state index contributed by atoms with van der Waals surface area (Å²) in [5.41, 5.74) is 1.21. The lowest BCUT2D eigenvalue weighted by Gasteiger charge is -2.14. The number of carbonyl (C=O) groups is 1. The second-order valence-electron chi connectivity index (χ2n) is 7.50. The molecule has 0 saturated heterocycles. The second-order valence-corrected chi connectivity index (χ2v) is 9.26. The summed E-state index contributed by atoms with van der Waals surface area (Å²) in [6.45, 7) is 3.79. The molecule has 1 amide bonds. The minimum atomic E-state index is -0.187. The van der Waals surface area contributed by atoms with Crippen molar-refractivity contribution in [1.29, 1.82) is 0 Å². The fourth-order valence-electron chi connectivity index (χ4n) is 3.55. The maximum atomic E-state index is 12.6. The molecular weight excluding hydrogens is 464 g/mol. The lowest BCUT2D eigenvalue weighted by atomic mass is 10.2. The summed E-state index contributed by atoms with van der Waals surface area (Å²) in [6.07, 6.45) is 5.47. The van der Waals surface area contributed by atoms with Gasteiger partial charge in [0.2, 0.25) is 5.91 Å². The van der Waals surface area contributed by atoms with Crippen LogP contribution in [0.3, 0.4) is 0 Å². The highest BCUT2D eigenvalue weighted by Crippen LogP contribution is 2.31. The molecule has 4 heterocycles. The van der Waals surface area contributed by atoms with Crippen LogP contribution < -0.4 is 16.2 Å². The van der Waals surface area contributed by atoms with Gasteiger partial charge in [0, 0.05) is 44.1 Å². The Morgan fingerprint density at radius 2 is 2.18 bits per heavy atom. The molecular formula is C20H26N8O3S2. The Bertz CT molecular complexity index is 1210. The number of aromatic nitrogens is 6. The molecule has 2 N–H and O–H groups in total. The number of thioether (sulfide) groups is 2. The number of carbonyl (C=O) groups excluding carboxylic acids is 1. The van der Waals surface area contributed by atoms with E-state index in [0.29, 0.717) is 59.3 Å². The van der Waals surface area contributed by atoms with Crippen molar-refractivity contribution in [3.8, 4) is 0 Å². The standard InChI is InChI=1S/C20H26N8O3S2/c1-12-9-23-20-28(18(12)30)13(11-33-20)8-15(29)21-4-6-27-17-14(10-24-27)16(22-5-7-31-2)25-19(26-17)32-3/h9-10,13H,4-8,11H2,1-3H3,(H,21,29)(H,22,25,26). The van der Waals surface area contributed by atoms with Crippen LogP contribution >= 0.6 is 23.5 Å². The zero-order valence-corrected chi connectivity index (χ0v) is 20.3. The minimum Gasteiger partial charge on any atom is -0.383 e. The number of anilines is 1. The summed E-state index contributed by atoms with van der Waals surface area (Å²) < 4.78 is 8.50. The van der Waals surface area contributed by atoms with E-state index in [1.165, 1.54) is 23.5 Å². The molecule has 3 aromatic rings. The van der Waals surface area contributed by atoms with E-state index in [1.807, 2.05) is 6.26 Å². The summed E-state index contributed by atoms with van der Waals surface area (Å²) in [5.74, 6) is 1.26. The maximum Gasteiger partial charge on any atom is 0.257 e. The lowest BCUT2D eigenvalue weighted by Crippen LogP contribution is -2.32. The van der Waals surface area contributed by atoms with Gasteiger partial charge in [0.25, 0.3) is 5.56 Å². The third-order valence-electron chi connectivity index (χ3n) is 5.22. The molecule has 3 aromatic heterocycles. The normalized spacial score (nSPS) is 15.1. The topological polar surface area (TPSA) is 129 Å². The molecule has 1 aliphatic rings. The van der Waals surface area contributed by atoms with Crippen LogP contribution in [0.2, 0.25) is 0 Å². The zero-order chi connectivity index (χ0) is 23.4. The highest BCUT2D eigenvalue weighted by molar-refractivity contribution is 7.99. The molecule has 0 aromatic carbocycles. The van der Waals surface area contributed by atoms with E-state index in [-0.39, 0.29) is 23.9 Å². The van der Waals surface area contributed by atoms with Crippen LogP contribution in [-0.2, 0) is 16.1 Å². The van der Waals surface area contributed by atoms with Crippen LogP contribution in [0.25, 0.3) is 11.0 Å². The van der Waals surface area contributed by atoms with Crippen molar-refractivity contribution in [2.24, 2.45) is 0 Å². The number of rotatable bonds is 10. The predicted octanol–water partition coefficient (Wildman–Crippen LogP) is 1.32. The van der Waals surface area contributed by atoms with Gasteiger partial charge in [0.15, 0.2) is 16.0 Å². The first-order valence-corrected chi connectivity index (χ1v) is 12.7. The van der Waals surface area contributed by atoms with Crippen LogP contribution in [-0.4, -0.2) is 74.0 Å². The van der Waals surface area contributed by atoms with Crippen LogP contribution in [0, 0.1) is 6.92 Å². The number of ether oxygens (including phenoxy) is 1. The van der Waals surface area contributed by atoms with Crippen molar-refractivity contribution in [2.75, 3.05) is 44.1 Å².